The lowest BCUT2D eigenvalue weighted by molar-refractivity contribution is 0.336. The van der Waals surface area contributed by atoms with Gasteiger partial charge in [-0.25, -0.2) is 0 Å². The Bertz CT molecular complexity index is 334. The van der Waals surface area contributed by atoms with Crippen LogP contribution in [0.2, 0.25) is 0 Å². The number of hydrogen-bond acceptors (Lipinski definition) is 4. The number of ether oxygens (including phenoxy) is 2. The van der Waals surface area contributed by atoms with Gasteiger partial charge in [0.2, 0.25) is 0 Å². The Labute approximate surface area is 107 Å². The van der Waals surface area contributed by atoms with Crippen LogP contribution in [0.5, 0.6) is 0 Å². The lowest BCUT2D eigenvalue weighted by atomic mass is 10.1. The maximum atomic E-state index is 5.24. The molecular weight excluding hydrogens is 240 g/mol. The molecule has 0 unspecified atom stereocenters. The molecule has 0 aliphatic heterocycles. The van der Waals surface area contributed by atoms with Gasteiger partial charge in [0.1, 0.15) is 0 Å². The van der Waals surface area contributed by atoms with Crippen molar-refractivity contribution in [3.05, 3.63) is 35.4 Å². The largest absolute Gasteiger partial charge is 0.483 e. The highest BCUT2D eigenvalue weighted by Crippen LogP contribution is 2.09. The summed E-state index contributed by atoms with van der Waals surface area (Å²) >= 11 is 10.2. The van der Waals surface area contributed by atoms with Gasteiger partial charge >= 0.3 is 0 Å². The van der Waals surface area contributed by atoms with E-state index in [-0.39, 0.29) is 0 Å². The number of thiocarbonyl (C=S) groups is 2. The van der Waals surface area contributed by atoms with Crippen LogP contribution in [0.4, 0.5) is 0 Å². The van der Waals surface area contributed by atoms with Crippen LogP contribution in [0.15, 0.2) is 24.3 Å². The Morgan fingerprint density at radius 1 is 0.875 bits per heavy atom. The van der Waals surface area contributed by atoms with E-state index in [1.807, 2.05) is 38.1 Å². The SMILES string of the molecule is CCOC(=S)c1ccc(C(=S)OCC)cc1. The van der Waals surface area contributed by atoms with Crippen LogP contribution in [0.3, 0.4) is 0 Å². The quantitative estimate of drug-likeness (QED) is 0.768. The smallest absolute Gasteiger partial charge is 0.191 e. The molecule has 0 radical (unpaired) electrons. The normalized spacial score (nSPS) is 9.62. The van der Waals surface area contributed by atoms with Gasteiger partial charge in [-0.05, 0) is 62.5 Å². The lowest BCUT2D eigenvalue weighted by Gasteiger charge is -2.07. The third kappa shape index (κ3) is 3.54. The van der Waals surface area contributed by atoms with E-state index in [0.29, 0.717) is 23.3 Å². The van der Waals surface area contributed by atoms with Crippen molar-refractivity contribution in [1.82, 2.24) is 0 Å². The van der Waals surface area contributed by atoms with Crippen molar-refractivity contribution in [3.63, 3.8) is 0 Å². The molecule has 1 aromatic rings. The molecule has 4 heteroatoms. The van der Waals surface area contributed by atoms with E-state index in [1.54, 1.807) is 0 Å². The Balaban J connectivity index is 2.75. The first-order valence-corrected chi connectivity index (χ1v) is 5.95. The van der Waals surface area contributed by atoms with Gasteiger partial charge in [0.05, 0.1) is 13.2 Å². The molecule has 0 aliphatic carbocycles. The first-order chi connectivity index (χ1) is 7.69. The fourth-order valence-corrected chi connectivity index (χ4v) is 1.68. The molecule has 16 heavy (non-hydrogen) atoms. The van der Waals surface area contributed by atoms with Crippen molar-refractivity contribution in [1.29, 1.82) is 0 Å². The van der Waals surface area contributed by atoms with Crippen molar-refractivity contribution in [3.8, 4) is 0 Å². The van der Waals surface area contributed by atoms with Crippen LogP contribution in [0.25, 0.3) is 0 Å². The first-order valence-electron chi connectivity index (χ1n) is 5.13. The number of benzene rings is 1. The molecular formula is C12H14O2S2. The van der Waals surface area contributed by atoms with Crippen LogP contribution in [-0.2, 0) is 9.47 Å². The Kier molecular flexibility index (Phi) is 5.35. The summed E-state index contributed by atoms with van der Waals surface area (Å²) in [6, 6.07) is 7.55. The third-order valence-corrected chi connectivity index (χ3v) is 2.61. The van der Waals surface area contributed by atoms with E-state index in [2.05, 4.69) is 0 Å². The van der Waals surface area contributed by atoms with E-state index in [4.69, 9.17) is 33.9 Å². The fourth-order valence-electron chi connectivity index (χ4n) is 1.17. The highest BCUT2D eigenvalue weighted by molar-refractivity contribution is 7.80. The van der Waals surface area contributed by atoms with E-state index in [0.717, 1.165) is 11.1 Å². The highest BCUT2D eigenvalue weighted by Gasteiger charge is 2.04. The molecule has 0 atom stereocenters. The molecule has 0 amide bonds. The summed E-state index contributed by atoms with van der Waals surface area (Å²) in [6.45, 7) is 4.98. The minimum Gasteiger partial charge on any atom is -0.483 e. The second kappa shape index (κ2) is 6.55. The van der Waals surface area contributed by atoms with E-state index in [9.17, 15) is 0 Å². The van der Waals surface area contributed by atoms with Crippen molar-refractivity contribution in [2.75, 3.05) is 13.2 Å². The standard InChI is InChI=1S/C12H14O2S2/c1-3-13-11(15)9-5-7-10(8-6-9)12(16)14-4-2/h5-8H,3-4H2,1-2H3. The van der Waals surface area contributed by atoms with Crippen LogP contribution in [0.1, 0.15) is 25.0 Å². The molecule has 2 nitrogen and oxygen atoms in total. The molecule has 0 aromatic heterocycles. The molecule has 0 saturated carbocycles. The molecule has 1 rings (SSSR count). The predicted molar refractivity (Wildman–Crippen MR) is 73.1 cm³/mol. The van der Waals surface area contributed by atoms with Crippen molar-refractivity contribution in [2.45, 2.75) is 13.8 Å². The van der Waals surface area contributed by atoms with E-state index >= 15 is 0 Å². The average Bonchev–Trinajstić information content (AvgIpc) is 2.30. The topological polar surface area (TPSA) is 18.5 Å². The zero-order valence-corrected chi connectivity index (χ0v) is 11.0. The monoisotopic (exact) mass is 254 g/mol. The molecule has 0 spiro atoms. The molecule has 0 bridgehead atoms. The van der Waals surface area contributed by atoms with Crippen LogP contribution < -0.4 is 0 Å². The molecule has 0 N–H and O–H groups in total. The van der Waals surface area contributed by atoms with E-state index < -0.39 is 0 Å². The summed E-state index contributed by atoms with van der Waals surface area (Å²) in [5.74, 6) is 0. The second-order valence-electron chi connectivity index (χ2n) is 3.02. The van der Waals surface area contributed by atoms with Crippen LogP contribution in [0, 0.1) is 0 Å². The summed E-state index contributed by atoms with van der Waals surface area (Å²) in [4.78, 5) is 0. The Morgan fingerprint density at radius 2 is 1.19 bits per heavy atom. The summed E-state index contributed by atoms with van der Waals surface area (Å²) in [6.07, 6.45) is 0. The highest BCUT2D eigenvalue weighted by atomic mass is 32.1. The zero-order valence-electron chi connectivity index (χ0n) is 9.36. The summed E-state index contributed by atoms with van der Waals surface area (Å²) in [7, 11) is 0. The molecule has 0 aliphatic rings. The third-order valence-electron chi connectivity index (χ3n) is 1.91. The predicted octanol–water partition coefficient (Wildman–Crippen LogP) is 3.11. The summed E-state index contributed by atoms with van der Waals surface area (Å²) < 4.78 is 10.5. The maximum Gasteiger partial charge on any atom is 0.191 e. The van der Waals surface area contributed by atoms with Crippen LogP contribution in [-0.4, -0.2) is 23.3 Å². The van der Waals surface area contributed by atoms with Gasteiger partial charge in [-0.1, -0.05) is 0 Å². The zero-order chi connectivity index (χ0) is 12.0. The van der Waals surface area contributed by atoms with Crippen molar-refractivity contribution < 1.29 is 9.47 Å². The maximum absolute atomic E-state index is 5.24. The molecule has 1 aromatic carbocycles. The van der Waals surface area contributed by atoms with E-state index in [1.165, 1.54) is 0 Å². The minimum atomic E-state index is 0.511. The van der Waals surface area contributed by atoms with Gasteiger partial charge in [-0.15, -0.1) is 0 Å². The molecule has 0 heterocycles. The minimum absolute atomic E-state index is 0.511. The second-order valence-corrected chi connectivity index (χ2v) is 3.76. The molecule has 86 valence electrons. The number of hydrogen-bond donors (Lipinski definition) is 0. The van der Waals surface area contributed by atoms with Crippen molar-refractivity contribution >= 4 is 34.5 Å². The van der Waals surface area contributed by atoms with Gasteiger partial charge in [0.25, 0.3) is 0 Å². The first kappa shape index (κ1) is 13.1. The van der Waals surface area contributed by atoms with Gasteiger partial charge < -0.3 is 9.47 Å². The van der Waals surface area contributed by atoms with Crippen molar-refractivity contribution in [2.24, 2.45) is 0 Å². The Hall–Kier alpha value is -1.00. The average molecular weight is 254 g/mol. The summed E-state index contributed by atoms with van der Waals surface area (Å²) in [5, 5.41) is 1.02. The molecule has 0 fully saturated rings. The fraction of sp³-hybridized carbons (Fsp3) is 0.333. The molecule has 0 saturated heterocycles. The van der Waals surface area contributed by atoms with Gasteiger partial charge in [0, 0.05) is 11.1 Å². The van der Waals surface area contributed by atoms with Gasteiger partial charge in [-0.2, -0.15) is 0 Å². The van der Waals surface area contributed by atoms with Crippen LogP contribution >= 0.6 is 24.4 Å². The lowest BCUT2D eigenvalue weighted by Crippen LogP contribution is -2.06. The number of rotatable bonds is 4. The van der Waals surface area contributed by atoms with Gasteiger partial charge in [0.15, 0.2) is 10.1 Å². The Morgan fingerprint density at radius 3 is 1.44 bits per heavy atom. The summed E-state index contributed by atoms with van der Waals surface area (Å²) in [5.41, 5.74) is 1.78. The van der Waals surface area contributed by atoms with Gasteiger partial charge in [-0.3, -0.25) is 0 Å².